The Labute approximate surface area is 144 Å². The molecule has 0 aliphatic carbocycles. The smallest absolute Gasteiger partial charge is 0.247 e. The first-order valence-corrected chi connectivity index (χ1v) is 8.13. The number of hydrogen-bond acceptors (Lipinski definition) is 5. The zero-order valence-electron chi connectivity index (χ0n) is 13.2. The van der Waals surface area contributed by atoms with Crippen molar-refractivity contribution in [1.29, 1.82) is 0 Å². The quantitative estimate of drug-likeness (QED) is 0.718. The highest BCUT2D eigenvalue weighted by Crippen LogP contribution is 2.33. The van der Waals surface area contributed by atoms with Crippen LogP contribution in [0.25, 0.3) is 11.5 Å². The zero-order chi connectivity index (χ0) is 16.5. The van der Waals surface area contributed by atoms with E-state index in [0.29, 0.717) is 30.0 Å². The predicted octanol–water partition coefficient (Wildman–Crippen LogP) is 4.10. The van der Waals surface area contributed by atoms with Gasteiger partial charge in [0.05, 0.1) is 18.8 Å². The topological polar surface area (TPSA) is 51.4 Å². The van der Waals surface area contributed by atoms with E-state index in [2.05, 4.69) is 34.2 Å². The Kier molecular flexibility index (Phi) is 3.86. The molecule has 6 heteroatoms. The van der Waals surface area contributed by atoms with Crippen LogP contribution in [0.5, 0.6) is 5.75 Å². The summed E-state index contributed by atoms with van der Waals surface area (Å²) in [4.78, 5) is 2.19. The third-order valence-corrected chi connectivity index (χ3v) is 4.17. The van der Waals surface area contributed by atoms with Crippen LogP contribution < -0.4 is 9.64 Å². The molecule has 2 heterocycles. The fraction of sp³-hybridized carbons (Fsp3) is 0.222. The van der Waals surface area contributed by atoms with Crippen molar-refractivity contribution in [2.24, 2.45) is 0 Å². The molecule has 0 fully saturated rings. The number of hydrogen-bond donors (Lipinski definition) is 0. The van der Waals surface area contributed by atoms with E-state index in [-0.39, 0.29) is 0 Å². The number of aryl methyl sites for hydroxylation is 1. The first kappa shape index (κ1) is 15.0. The highest BCUT2D eigenvalue weighted by Gasteiger charge is 2.20. The first-order chi connectivity index (χ1) is 11.7. The zero-order valence-corrected chi connectivity index (χ0v) is 14.0. The minimum atomic E-state index is 0.477. The van der Waals surface area contributed by atoms with Gasteiger partial charge >= 0.3 is 0 Å². The van der Waals surface area contributed by atoms with Gasteiger partial charge in [0.2, 0.25) is 11.8 Å². The summed E-state index contributed by atoms with van der Waals surface area (Å²) in [6, 6.07) is 13.6. The number of nitrogens with zero attached hydrogens (tertiary/aromatic N) is 3. The molecular weight excluding hydrogens is 326 g/mol. The van der Waals surface area contributed by atoms with Crippen molar-refractivity contribution in [3.63, 3.8) is 0 Å². The van der Waals surface area contributed by atoms with Crippen molar-refractivity contribution in [2.45, 2.75) is 13.5 Å². The lowest BCUT2D eigenvalue weighted by Crippen LogP contribution is -2.32. The first-order valence-electron chi connectivity index (χ1n) is 7.76. The van der Waals surface area contributed by atoms with Crippen LogP contribution in [0.15, 0.2) is 46.9 Å². The van der Waals surface area contributed by atoms with Gasteiger partial charge in [-0.25, -0.2) is 0 Å². The predicted molar refractivity (Wildman–Crippen MR) is 92.5 cm³/mol. The molecule has 0 atom stereocenters. The fourth-order valence-corrected chi connectivity index (χ4v) is 2.96. The third-order valence-electron chi connectivity index (χ3n) is 3.94. The molecule has 0 saturated carbocycles. The van der Waals surface area contributed by atoms with Crippen molar-refractivity contribution in [1.82, 2.24) is 10.2 Å². The molecule has 5 nitrogen and oxygen atoms in total. The van der Waals surface area contributed by atoms with Gasteiger partial charge in [-0.05, 0) is 42.8 Å². The SMILES string of the molecule is Cc1ccc2c(c1)OCCN2Cc1nnc(-c2cccc(Cl)c2)o1. The summed E-state index contributed by atoms with van der Waals surface area (Å²) >= 11 is 6.01. The van der Waals surface area contributed by atoms with Crippen molar-refractivity contribution in [3.8, 4) is 17.2 Å². The van der Waals surface area contributed by atoms with Crippen LogP contribution >= 0.6 is 11.6 Å². The molecule has 0 spiro atoms. The van der Waals surface area contributed by atoms with Gasteiger partial charge in [-0.15, -0.1) is 10.2 Å². The van der Waals surface area contributed by atoms with Crippen LogP contribution in [-0.2, 0) is 6.54 Å². The van der Waals surface area contributed by atoms with E-state index >= 15 is 0 Å². The Morgan fingerprint density at radius 3 is 2.96 bits per heavy atom. The number of rotatable bonds is 3. The van der Waals surface area contributed by atoms with E-state index in [1.165, 1.54) is 5.56 Å². The molecule has 1 aromatic heterocycles. The molecule has 4 rings (SSSR count). The maximum Gasteiger partial charge on any atom is 0.247 e. The Hall–Kier alpha value is -2.53. The van der Waals surface area contributed by atoms with E-state index in [1.54, 1.807) is 0 Å². The van der Waals surface area contributed by atoms with E-state index in [4.69, 9.17) is 20.8 Å². The number of halogens is 1. The van der Waals surface area contributed by atoms with Crippen LogP contribution in [-0.4, -0.2) is 23.3 Å². The van der Waals surface area contributed by atoms with Crippen molar-refractivity contribution in [3.05, 3.63) is 58.9 Å². The lowest BCUT2D eigenvalue weighted by molar-refractivity contribution is 0.304. The highest BCUT2D eigenvalue weighted by atomic mass is 35.5. The highest BCUT2D eigenvalue weighted by molar-refractivity contribution is 6.30. The Morgan fingerprint density at radius 2 is 2.08 bits per heavy atom. The molecule has 0 amide bonds. The molecule has 24 heavy (non-hydrogen) atoms. The summed E-state index contributed by atoms with van der Waals surface area (Å²) in [6.07, 6.45) is 0. The molecule has 0 bridgehead atoms. The number of aromatic nitrogens is 2. The summed E-state index contributed by atoms with van der Waals surface area (Å²) < 4.78 is 11.5. The second kappa shape index (κ2) is 6.17. The van der Waals surface area contributed by atoms with Gasteiger partial charge in [0.25, 0.3) is 0 Å². The molecule has 1 aliphatic rings. The van der Waals surface area contributed by atoms with Gasteiger partial charge in [0.15, 0.2) is 0 Å². The van der Waals surface area contributed by atoms with Gasteiger partial charge in [-0.2, -0.15) is 0 Å². The van der Waals surface area contributed by atoms with E-state index in [0.717, 1.165) is 23.5 Å². The molecule has 0 unspecified atom stereocenters. The van der Waals surface area contributed by atoms with Gasteiger partial charge in [-0.3, -0.25) is 0 Å². The minimum absolute atomic E-state index is 0.477. The molecular formula is C18H16ClN3O2. The number of ether oxygens (including phenoxy) is 1. The minimum Gasteiger partial charge on any atom is -0.490 e. The van der Waals surface area contributed by atoms with Crippen LogP contribution in [0.2, 0.25) is 5.02 Å². The van der Waals surface area contributed by atoms with Crippen LogP contribution in [0.1, 0.15) is 11.5 Å². The van der Waals surface area contributed by atoms with E-state index < -0.39 is 0 Å². The molecule has 122 valence electrons. The number of anilines is 1. The Morgan fingerprint density at radius 1 is 1.17 bits per heavy atom. The van der Waals surface area contributed by atoms with Gasteiger partial charge in [0, 0.05) is 10.6 Å². The largest absolute Gasteiger partial charge is 0.490 e. The average molecular weight is 342 g/mol. The van der Waals surface area contributed by atoms with E-state index in [1.807, 2.05) is 30.3 Å². The standard InChI is InChI=1S/C18H16ClN3O2/c1-12-5-6-15-16(9-12)23-8-7-22(15)11-17-20-21-18(24-17)13-3-2-4-14(19)10-13/h2-6,9-10H,7-8,11H2,1H3. The Bertz CT molecular complexity index is 878. The molecule has 0 N–H and O–H groups in total. The lowest BCUT2D eigenvalue weighted by atomic mass is 10.1. The summed E-state index contributed by atoms with van der Waals surface area (Å²) in [6.45, 7) is 4.03. The van der Waals surface area contributed by atoms with Gasteiger partial charge in [-0.1, -0.05) is 23.7 Å². The summed E-state index contributed by atoms with van der Waals surface area (Å²) in [5.74, 6) is 1.94. The molecule has 0 radical (unpaired) electrons. The van der Waals surface area contributed by atoms with Crippen LogP contribution in [0.4, 0.5) is 5.69 Å². The normalized spacial score (nSPS) is 13.5. The molecule has 2 aromatic carbocycles. The molecule has 0 saturated heterocycles. The van der Waals surface area contributed by atoms with Crippen LogP contribution in [0, 0.1) is 6.92 Å². The third kappa shape index (κ3) is 2.95. The monoisotopic (exact) mass is 341 g/mol. The Balaban J connectivity index is 1.57. The second-order valence-corrected chi connectivity index (χ2v) is 6.19. The number of benzene rings is 2. The van der Waals surface area contributed by atoms with Crippen molar-refractivity contribution in [2.75, 3.05) is 18.1 Å². The van der Waals surface area contributed by atoms with Crippen LogP contribution in [0.3, 0.4) is 0 Å². The van der Waals surface area contributed by atoms with Crippen molar-refractivity contribution < 1.29 is 9.15 Å². The molecule has 3 aromatic rings. The lowest BCUT2D eigenvalue weighted by Gasteiger charge is -2.30. The van der Waals surface area contributed by atoms with Gasteiger partial charge < -0.3 is 14.1 Å². The maximum absolute atomic E-state index is 6.01. The summed E-state index contributed by atoms with van der Waals surface area (Å²) in [7, 11) is 0. The van der Waals surface area contributed by atoms with Gasteiger partial charge in [0.1, 0.15) is 12.4 Å². The van der Waals surface area contributed by atoms with E-state index in [9.17, 15) is 0 Å². The summed E-state index contributed by atoms with van der Waals surface area (Å²) in [5, 5.41) is 8.94. The van der Waals surface area contributed by atoms with Crippen molar-refractivity contribution >= 4 is 17.3 Å². The second-order valence-electron chi connectivity index (χ2n) is 5.75. The molecule has 1 aliphatic heterocycles. The average Bonchev–Trinajstić information content (AvgIpc) is 3.03. The fourth-order valence-electron chi connectivity index (χ4n) is 2.77. The maximum atomic E-state index is 6.01. The summed E-state index contributed by atoms with van der Waals surface area (Å²) in [5.41, 5.74) is 3.05. The number of fused-ring (bicyclic) bond motifs is 1.